The van der Waals surface area contributed by atoms with Crippen molar-refractivity contribution in [2.45, 2.75) is 65.2 Å². The maximum absolute atomic E-state index is 4.76. The molecule has 0 radical (unpaired) electrons. The van der Waals surface area contributed by atoms with Gasteiger partial charge in [-0.3, -0.25) is 0 Å². The Hall–Kier alpha value is -3.12. The zero-order valence-electron chi connectivity index (χ0n) is 23.9. The third-order valence-electron chi connectivity index (χ3n) is 7.77. The van der Waals surface area contributed by atoms with Crippen LogP contribution in [0.15, 0.2) is 84.9 Å². The van der Waals surface area contributed by atoms with Gasteiger partial charge in [0.15, 0.2) is 0 Å². The lowest BCUT2D eigenvalue weighted by Gasteiger charge is -2.05. The fourth-order valence-electron chi connectivity index (χ4n) is 5.37. The first kappa shape index (κ1) is 28.0. The summed E-state index contributed by atoms with van der Waals surface area (Å²) in [6.45, 7) is 4.52. The lowest BCUT2D eigenvalue weighted by molar-refractivity contribution is 0.717. The number of thiophene rings is 2. The molecule has 0 amide bonds. The van der Waals surface area contributed by atoms with E-state index in [2.05, 4.69) is 98.8 Å². The van der Waals surface area contributed by atoms with Gasteiger partial charge in [0.25, 0.3) is 0 Å². The standard InChI is InChI=1S/C36H36N2S3/c1-3-5-7-9-25-11-15-27(16-12-25)31-21-23-33(39-31)29-19-20-30(36-35(29)37-41-38-36)34-24-22-32(40-34)28-17-13-26(14-18-28)10-8-6-4-2/h11-24H,3-10H2,1-2H3. The summed E-state index contributed by atoms with van der Waals surface area (Å²) in [5.74, 6) is 0. The van der Waals surface area contributed by atoms with Crippen LogP contribution in [-0.4, -0.2) is 8.75 Å². The maximum atomic E-state index is 4.76. The van der Waals surface area contributed by atoms with E-state index < -0.39 is 0 Å². The Kier molecular flexibility index (Phi) is 9.05. The van der Waals surface area contributed by atoms with Gasteiger partial charge in [-0.05, 0) is 72.2 Å². The van der Waals surface area contributed by atoms with E-state index in [4.69, 9.17) is 8.75 Å². The summed E-state index contributed by atoms with van der Waals surface area (Å²) in [6.07, 6.45) is 10.0. The van der Waals surface area contributed by atoms with Gasteiger partial charge in [-0.1, -0.05) is 100 Å². The average molecular weight is 593 g/mol. The molecule has 0 unspecified atom stereocenters. The molecule has 0 atom stereocenters. The number of hydrogen-bond acceptors (Lipinski definition) is 5. The Bertz CT molecular complexity index is 1580. The zero-order valence-corrected chi connectivity index (χ0v) is 26.3. The van der Waals surface area contributed by atoms with Gasteiger partial charge in [-0.25, -0.2) is 0 Å². The van der Waals surface area contributed by atoms with Crippen LogP contribution in [-0.2, 0) is 12.8 Å². The van der Waals surface area contributed by atoms with Crippen molar-refractivity contribution >= 4 is 45.4 Å². The van der Waals surface area contributed by atoms with Gasteiger partial charge in [-0.15, -0.1) is 22.7 Å². The van der Waals surface area contributed by atoms with E-state index >= 15 is 0 Å². The van der Waals surface area contributed by atoms with Crippen LogP contribution in [0.3, 0.4) is 0 Å². The van der Waals surface area contributed by atoms with Crippen LogP contribution >= 0.6 is 34.4 Å². The number of fused-ring (bicyclic) bond motifs is 1. The van der Waals surface area contributed by atoms with E-state index in [-0.39, 0.29) is 0 Å². The molecular formula is C36H36N2S3. The molecule has 0 N–H and O–H groups in total. The Morgan fingerprint density at radius 1 is 0.463 bits per heavy atom. The van der Waals surface area contributed by atoms with Gasteiger partial charge in [0.2, 0.25) is 0 Å². The van der Waals surface area contributed by atoms with E-state index in [1.54, 1.807) is 0 Å². The normalized spacial score (nSPS) is 11.5. The first-order valence-electron chi connectivity index (χ1n) is 14.9. The van der Waals surface area contributed by atoms with Crippen LogP contribution in [0.25, 0.3) is 52.8 Å². The highest BCUT2D eigenvalue weighted by Gasteiger charge is 2.17. The average Bonchev–Trinajstić information content (AvgIpc) is 3.79. The molecule has 6 aromatic rings. The molecule has 5 heteroatoms. The number of benzene rings is 3. The van der Waals surface area contributed by atoms with Crippen molar-refractivity contribution in [3.63, 3.8) is 0 Å². The summed E-state index contributed by atoms with van der Waals surface area (Å²) in [4.78, 5) is 5.06. The predicted molar refractivity (Wildman–Crippen MR) is 181 cm³/mol. The molecular weight excluding hydrogens is 557 g/mol. The molecule has 41 heavy (non-hydrogen) atoms. The number of aryl methyl sites for hydroxylation is 2. The molecule has 0 aliphatic heterocycles. The second-order valence-corrected chi connectivity index (χ2v) is 13.5. The van der Waals surface area contributed by atoms with E-state index in [9.17, 15) is 0 Å². The highest BCUT2D eigenvalue weighted by Crippen LogP contribution is 2.42. The van der Waals surface area contributed by atoms with E-state index in [0.29, 0.717) is 0 Å². The first-order valence-corrected chi connectivity index (χ1v) is 17.2. The van der Waals surface area contributed by atoms with E-state index in [1.807, 2.05) is 22.7 Å². The van der Waals surface area contributed by atoms with Crippen molar-refractivity contribution in [3.05, 3.63) is 96.1 Å². The Morgan fingerprint density at radius 2 is 0.878 bits per heavy atom. The summed E-state index contributed by atoms with van der Waals surface area (Å²) < 4.78 is 9.51. The third kappa shape index (κ3) is 6.38. The Labute approximate surface area is 256 Å². The molecule has 0 saturated carbocycles. The zero-order chi connectivity index (χ0) is 28.0. The van der Waals surface area contributed by atoms with Crippen LogP contribution in [0.1, 0.15) is 63.5 Å². The van der Waals surface area contributed by atoms with E-state index in [0.717, 1.165) is 11.0 Å². The molecule has 2 nitrogen and oxygen atoms in total. The summed E-state index contributed by atoms with van der Waals surface area (Å²) in [7, 11) is 0. The van der Waals surface area contributed by atoms with Crippen molar-refractivity contribution in [1.29, 1.82) is 0 Å². The summed E-state index contributed by atoms with van der Waals surface area (Å²) >= 11 is 4.97. The van der Waals surface area contributed by atoms with Gasteiger partial charge in [-0.2, -0.15) is 8.75 Å². The van der Waals surface area contributed by atoms with Gasteiger partial charge >= 0.3 is 0 Å². The highest BCUT2D eigenvalue weighted by atomic mass is 32.1. The topological polar surface area (TPSA) is 25.8 Å². The molecule has 3 aromatic heterocycles. The number of unbranched alkanes of at least 4 members (excludes halogenated alkanes) is 4. The number of aromatic nitrogens is 2. The Balaban J connectivity index is 1.22. The summed E-state index contributed by atoms with van der Waals surface area (Å²) in [5, 5.41) is 0. The number of rotatable bonds is 12. The first-order chi connectivity index (χ1) is 20.2. The number of hydrogen-bond donors (Lipinski definition) is 0. The molecule has 0 aliphatic carbocycles. The summed E-state index contributed by atoms with van der Waals surface area (Å²) in [6, 6.07) is 31.7. The van der Waals surface area contributed by atoms with Gasteiger partial charge in [0, 0.05) is 30.6 Å². The molecule has 3 aromatic carbocycles. The molecule has 208 valence electrons. The molecule has 0 bridgehead atoms. The van der Waals surface area contributed by atoms with Crippen molar-refractivity contribution in [2.75, 3.05) is 0 Å². The van der Waals surface area contributed by atoms with Crippen LogP contribution < -0.4 is 0 Å². The van der Waals surface area contributed by atoms with Crippen LogP contribution in [0.4, 0.5) is 0 Å². The Morgan fingerprint density at radius 3 is 1.29 bits per heavy atom. The monoisotopic (exact) mass is 592 g/mol. The van der Waals surface area contributed by atoms with Crippen LogP contribution in [0.2, 0.25) is 0 Å². The van der Waals surface area contributed by atoms with Gasteiger partial charge in [0.1, 0.15) is 11.0 Å². The van der Waals surface area contributed by atoms with Gasteiger partial charge in [0.05, 0.1) is 11.7 Å². The van der Waals surface area contributed by atoms with E-state index in [1.165, 1.54) is 116 Å². The van der Waals surface area contributed by atoms with Crippen molar-refractivity contribution < 1.29 is 0 Å². The third-order valence-corrected chi connectivity index (χ3v) is 10.6. The minimum absolute atomic E-state index is 0.999. The van der Waals surface area contributed by atoms with Crippen LogP contribution in [0, 0.1) is 0 Å². The minimum Gasteiger partial charge on any atom is -0.172 e. The fraction of sp³-hybridized carbons (Fsp3) is 0.278. The SMILES string of the molecule is CCCCCc1ccc(-c2ccc(-c3ccc(-c4ccc(-c5ccc(CCCCC)cc5)s4)c4nsnc34)s2)cc1. The minimum atomic E-state index is 0.999. The van der Waals surface area contributed by atoms with Crippen LogP contribution in [0.5, 0.6) is 0 Å². The molecule has 0 spiro atoms. The molecule has 0 fully saturated rings. The van der Waals surface area contributed by atoms with Crippen molar-refractivity contribution in [3.8, 4) is 41.8 Å². The fourth-order valence-corrected chi connectivity index (χ4v) is 8.02. The quantitative estimate of drug-likeness (QED) is 0.132. The maximum Gasteiger partial charge on any atom is 0.114 e. The molecule has 0 saturated heterocycles. The molecule has 3 heterocycles. The summed E-state index contributed by atoms with van der Waals surface area (Å²) in [5.41, 5.74) is 9.76. The predicted octanol–water partition coefficient (Wildman–Crippen LogP) is 11.9. The highest BCUT2D eigenvalue weighted by molar-refractivity contribution is 7.19. The lowest BCUT2D eigenvalue weighted by atomic mass is 10.0. The largest absolute Gasteiger partial charge is 0.172 e. The lowest BCUT2D eigenvalue weighted by Crippen LogP contribution is -1.85. The van der Waals surface area contributed by atoms with Crippen molar-refractivity contribution in [2.24, 2.45) is 0 Å². The molecule has 6 rings (SSSR count). The molecule has 0 aliphatic rings. The smallest absolute Gasteiger partial charge is 0.114 e. The van der Waals surface area contributed by atoms with Gasteiger partial charge < -0.3 is 0 Å². The van der Waals surface area contributed by atoms with Crippen molar-refractivity contribution in [1.82, 2.24) is 8.75 Å². The second-order valence-electron chi connectivity index (χ2n) is 10.8. The second kappa shape index (κ2) is 13.2. The number of nitrogens with zero attached hydrogens (tertiary/aromatic N) is 2.